The van der Waals surface area contributed by atoms with Gasteiger partial charge in [-0.3, -0.25) is 0 Å². The van der Waals surface area contributed by atoms with Crippen LogP contribution in [0.4, 0.5) is 5.88 Å². The lowest BCUT2D eigenvalue weighted by molar-refractivity contribution is 0.624. The first kappa shape index (κ1) is 29.3. The van der Waals surface area contributed by atoms with Crippen LogP contribution in [0.25, 0.3) is 98.1 Å². The van der Waals surface area contributed by atoms with E-state index in [0.29, 0.717) is 5.88 Å². The van der Waals surface area contributed by atoms with Gasteiger partial charge in [-0.1, -0.05) is 127 Å². The highest BCUT2D eigenvalue weighted by atomic mass is 16.3. The molecule has 0 unspecified atom stereocenters. The van der Waals surface area contributed by atoms with Crippen LogP contribution in [0.2, 0.25) is 0 Å². The number of para-hydroxylation sites is 3. The lowest BCUT2D eigenvalue weighted by Gasteiger charge is -2.17. The van der Waals surface area contributed by atoms with E-state index in [0.717, 1.165) is 46.3 Å². The van der Waals surface area contributed by atoms with E-state index < -0.39 is 0 Å². The van der Waals surface area contributed by atoms with Crippen molar-refractivity contribution in [3.63, 3.8) is 0 Å². The molecule has 0 bridgehead atoms. The van der Waals surface area contributed by atoms with Crippen LogP contribution in [0.15, 0.2) is 173 Å². The fourth-order valence-corrected chi connectivity index (χ4v) is 9.79. The fourth-order valence-electron chi connectivity index (χ4n) is 9.79. The first-order chi connectivity index (χ1) is 27.3. The molecule has 4 nitrogen and oxygen atoms in total. The van der Waals surface area contributed by atoms with Crippen molar-refractivity contribution in [2.75, 3.05) is 0 Å². The van der Waals surface area contributed by atoms with E-state index in [1.165, 1.54) is 81.4 Å². The van der Waals surface area contributed by atoms with Gasteiger partial charge in [0, 0.05) is 37.7 Å². The minimum absolute atomic E-state index is 0.651. The van der Waals surface area contributed by atoms with E-state index >= 15 is 0 Å². The molecule has 4 aromatic heterocycles. The number of nitrogens with zero attached hydrogens (tertiary/aromatic N) is 3. The largest absolute Gasteiger partial charge is 0.438 e. The summed E-state index contributed by atoms with van der Waals surface area (Å²) < 4.78 is 11.8. The maximum atomic E-state index is 6.78. The molecule has 0 atom stereocenters. The van der Waals surface area contributed by atoms with Crippen molar-refractivity contribution < 1.29 is 4.42 Å². The third-order valence-corrected chi connectivity index (χ3v) is 12.1. The maximum Gasteiger partial charge on any atom is 0.229 e. The topological polar surface area (TPSA) is 34.8 Å². The van der Waals surface area contributed by atoms with Crippen LogP contribution in [0.3, 0.4) is 0 Å². The van der Waals surface area contributed by atoms with E-state index in [2.05, 4.69) is 173 Å². The minimum atomic E-state index is 0.651. The maximum absolute atomic E-state index is 6.78. The van der Waals surface area contributed by atoms with Crippen molar-refractivity contribution in [3.05, 3.63) is 175 Å². The summed E-state index contributed by atoms with van der Waals surface area (Å²) in [5.41, 5.74) is 11.3. The van der Waals surface area contributed by atoms with E-state index in [1.807, 2.05) is 0 Å². The summed E-state index contributed by atoms with van der Waals surface area (Å²) in [5, 5.41) is 13.6. The highest BCUT2D eigenvalue weighted by Gasteiger charge is 2.29. The predicted octanol–water partition coefficient (Wildman–Crippen LogP) is 13.8. The van der Waals surface area contributed by atoms with Gasteiger partial charge in [0.1, 0.15) is 5.58 Å². The van der Waals surface area contributed by atoms with Gasteiger partial charge in [0.25, 0.3) is 0 Å². The van der Waals surface area contributed by atoms with E-state index in [9.17, 15) is 0 Å². The van der Waals surface area contributed by atoms with Crippen LogP contribution in [0.1, 0.15) is 24.0 Å². The second-order valence-corrected chi connectivity index (χ2v) is 15.0. The predicted molar refractivity (Wildman–Crippen MR) is 231 cm³/mol. The highest BCUT2D eigenvalue weighted by Crippen LogP contribution is 2.50. The zero-order valence-electron chi connectivity index (χ0n) is 29.8. The number of aliphatic imine (C=N–C) groups is 1. The van der Waals surface area contributed by atoms with Crippen LogP contribution >= 0.6 is 0 Å². The fraction of sp³-hybridized carbons (Fsp3) is 0.0392. The molecule has 1 aliphatic heterocycles. The Morgan fingerprint density at radius 3 is 2.05 bits per heavy atom. The van der Waals surface area contributed by atoms with Gasteiger partial charge >= 0.3 is 0 Å². The molecular weight excluding hydrogens is 671 g/mol. The second kappa shape index (κ2) is 10.7. The minimum Gasteiger partial charge on any atom is -0.438 e. The van der Waals surface area contributed by atoms with Gasteiger partial charge in [0.05, 0.1) is 44.6 Å². The molecule has 0 radical (unpaired) electrons. The van der Waals surface area contributed by atoms with Gasteiger partial charge in [-0.15, -0.1) is 0 Å². The highest BCUT2D eigenvalue weighted by molar-refractivity contribution is 6.36. The average molecular weight is 702 g/mol. The van der Waals surface area contributed by atoms with Crippen LogP contribution < -0.4 is 0 Å². The number of fused-ring (bicyclic) bond motifs is 16. The monoisotopic (exact) mass is 701 g/mol. The van der Waals surface area contributed by atoms with Crippen LogP contribution in [-0.4, -0.2) is 14.7 Å². The molecule has 0 amide bonds. The van der Waals surface area contributed by atoms with Crippen molar-refractivity contribution in [2.24, 2.45) is 4.99 Å². The number of allylic oxidation sites excluding steroid dienone is 1. The molecule has 5 heterocycles. The zero-order chi connectivity index (χ0) is 35.8. The average Bonchev–Trinajstić information content (AvgIpc) is 3.96. The van der Waals surface area contributed by atoms with Crippen LogP contribution in [-0.2, 0) is 0 Å². The Bertz CT molecular complexity index is 3660. The van der Waals surface area contributed by atoms with Crippen molar-refractivity contribution in [2.45, 2.75) is 12.8 Å². The molecule has 0 fully saturated rings. The van der Waals surface area contributed by atoms with Gasteiger partial charge in [0.15, 0.2) is 0 Å². The summed E-state index contributed by atoms with van der Waals surface area (Å²) in [7, 11) is 0. The zero-order valence-corrected chi connectivity index (χ0v) is 29.8. The molecular formula is C51H31N3O. The van der Waals surface area contributed by atoms with Gasteiger partial charge in [-0.2, -0.15) is 0 Å². The SMILES string of the molecule is C1=C(/n2c3ccc4ccccc4c3c3cc4c5ccccc5n5c6ccccc6c(c32)c45)c2c(oc3ccccc23)/N=C(/c2ccc3ccccc3c2)CC/1. The first-order valence-electron chi connectivity index (χ1n) is 19.1. The number of furan rings is 1. The molecule has 1 aliphatic rings. The number of benzene rings is 8. The molecule has 0 spiro atoms. The Labute approximate surface area is 314 Å². The number of hydrogen-bond donors (Lipinski definition) is 0. The Morgan fingerprint density at radius 2 is 1.18 bits per heavy atom. The van der Waals surface area contributed by atoms with Crippen molar-refractivity contribution in [3.8, 4) is 0 Å². The quantitative estimate of drug-likeness (QED) is 0.177. The summed E-state index contributed by atoms with van der Waals surface area (Å²) in [4.78, 5) is 5.44. The lowest BCUT2D eigenvalue weighted by Crippen LogP contribution is -2.05. The summed E-state index contributed by atoms with van der Waals surface area (Å²) in [6, 6.07) is 57.3. The molecule has 256 valence electrons. The Morgan fingerprint density at radius 1 is 0.491 bits per heavy atom. The van der Waals surface area contributed by atoms with Gasteiger partial charge < -0.3 is 13.4 Å². The molecule has 12 aromatic rings. The Balaban J connectivity index is 1.20. The summed E-state index contributed by atoms with van der Waals surface area (Å²) >= 11 is 0. The van der Waals surface area contributed by atoms with E-state index in [4.69, 9.17) is 9.41 Å². The van der Waals surface area contributed by atoms with Gasteiger partial charge in [-0.05, 0) is 76.3 Å². The third kappa shape index (κ3) is 3.88. The Hall–Kier alpha value is -7.17. The summed E-state index contributed by atoms with van der Waals surface area (Å²) in [5.74, 6) is 0.651. The molecule has 0 N–H and O–H groups in total. The van der Waals surface area contributed by atoms with E-state index in [1.54, 1.807) is 0 Å². The second-order valence-electron chi connectivity index (χ2n) is 15.0. The smallest absolute Gasteiger partial charge is 0.229 e. The van der Waals surface area contributed by atoms with Crippen LogP contribution in [0, 0.1) is 0 Å². The van der Waals surface area contributed by atoms with Gasteiger partial charge in [0.2, 0.25) is 5.88 Å². The van der Waals surface area contributed by atoms with Crippen molar-refractivity contribution in [1.29, 1.82) is 0 Å². The molecule has 55 heavy (non-hydrogen) atoms. The lowest BCUT2D eigenvalue weighted by atomic mass is 9.98. The van der Waals surface area contributed by atoms with Crippen molar-refractivity contribution >= 4 is 110 Å². The van der Waals surface area contributed by atoms with Crippen LogP contribution in [0.5, 0.6) is 0 Å². The molecule has 0 aliphatic carbocycles. The standard InChI is InChI=1S/C51H31N3O/c1-2-14-32-28-33(25-24-30(32)12-1)40-19-11-22-43(47-37-18-7-10-23-45(37)55-51(47)52-40)54-44-27-26-31-13-3-4-15-34(31)46(44)39-29-38-35-16-5-8-20-41(35)53-42-21-9-6-17-36(42)48(49(38)53)50(39)54/h1-10,12-18,20-29H,11,19H2/b43-22+,52-40+. The Kier molecular flexibility index (Phi) is 5.71. The molecule has 13 rings (SSSR count). The molecule has 4 heteroatoms. The first-order valence-corrected chi connectivity index (χ1v) is 19.1. The van der Waals surface area contributed by atoms with Gasteiger partial charge in [-0.25, -0.2) is 4.99 Å². The summed E-state index contributed by atoms with van der Waals surface area (Å²) in [6.07, 6.45) is 4.05. The number of hydrogen-bond acceptors (Lipinski definition) is 2. The van der Waals surface area contributed by atoms with Crippen molar-refractivity contribution in [1.82, 2.24) is 8.97 Å². The third-order valence-electron chi connectivity index (χ3n) is 12.1. The number of aromatic nitrogens is 2. The summed E-state index contributed by atoms with van der Waals surface area (Å²) in [6.45, 7) is 0. The molecule has 8 aromatic carbocycles. The molecule has 0 saturated heterocycles. The number of rotatable bonds is 2. The normalized spacial score (nSPS) is 15.8. The van der Waals surface area contributed by atoms with E-state index in [-0.39, 0.29) is 0 Å². The molecule has 0 saturated carbocycles.